The summed E-state index contributed by atoms with van der Waals surface area (Å²) in [6.07, 6.45) is -1.73. The molecule has 0 radical (unpaired) electrons. The van der Waals surface area contributed by atoms with Crippen molar-refractivity contribution in [2.24, 2.45) is 5.73 Å². The lowest BCUT2D eigenvalue weighted by Crippen LogP contribution is -2.08. The summed E-state index contributed by atoms with van der Waals surface area (Å²) in [6, 6.07) is 0. The highest BCUT2D eigenvalue weighted by Gasteiger charge is 2.35. The molecule has 1 heterocycles. The summed E-state index contributed by atoms with van der Waals surface area (Å²) in [5.74, 6) is -1.08. The van der Waals surface area contributed by atoms with Gasteiger partial charge in [-0.05, 0) is 19.4 Å². The van der Waals surface area contributed by atoms with Crippen LogP contribution in [0.25, 0.3) is 0 Å². The van der Waals surface area contributed by atoms with E-state index in [2.05, 4.69) is 14.7 Å². The Kier molecular flexibility index (Phi) is 4.94. The van der Waals surface area contributed by atoms with Crippen molar-refractivity contribution in [1.82, 2.24) is 9.36 Å². The zero-order valence-electron chi connectivity index (χ0n) is 8.55. The molecule has 0 fully saturated rings. The van der Waals surface area contributed by atoms with Crippen LogP contribution < -0.4 is 11.1 Å². The van der Waals surface area contributed by atoms with Crippen LogP contribution in [0.1, 0.15) is 25.1 Å². The van der Waals surface area contributed by atoms with Crippen LogP contribution in [0.3, 0.4) is 0 Å². The van der Waals surface area contributed by atoms with Crippen LogP contribution in [0, 0.1) is 0 Å². The van der Waals surface area contributed by atoms with Gasteiger partial charge in [-0.3, -0.25) is 0 Å². The summed E-state index contributed by atoms with van der Waals surface area (Å²) in [7, 11) is 0. The first-order chi connectivity index (χ1) is 7.54. The van der Waals surface area contributed by atoms with Gasteiger partial charge >= 0.3 is 6.18 Å². The highest BCUT2D eigenvalue weighted by molar-refractivity contribution is 7.09. The third-order valence-corrected chi connectivity index (χ3v) is 2.51. The number of halogens is 3. The molecule has 0 aliphatic rings. The zero-order valence-corrected chi connectivity index (χ0v) is 9.37. The van der Waals surface area contributed by atoms with Gasteiger partial charge in [0.05, 0.1) is 0 Å². The summed E-state index contributed by atoms with van der Waals surface area (Å²) >= 11 is 0.723. The Morgan fingerprint density at radius 3 is 2.56 bits per heavy atom. The summed E-state index contributed by atoms with van der Waals surface area (Å²) in [5, 5.41) is 3.01. The van der Waals surface area contributed by atoms with Crippen molar-refractivity contribution in [3.05, 3.63) is 5.82 Å². The van der Waals surface area contributed by atoms with Crippen molar-refractivity contribution in [1.29, 1.82) is 0 Å². The van der Waals surface area contributed by atoms with Gasteiger partial charge in [-0.15, -0.1) is 0 Å². The molecule has 1 aromatic heterocycles. The molecule has 1 aromatic rings. The monoisotopic (exact) mass is 254 g/mol. The van der Waals surface area contributed by atoms with Crippen LogP contribution in [-0.4, -0.2) is 22.4 Å². The van der Waals surface area contributed by atoms with Gasteiger partial charge in [0.15, 0.2) is 0 Å². The van der Waals surface area contributed by atoms with E-state index < -0.39 is 12.0 Å². The van der Waals surface area contributed by atoms with Crippen LogP contribution in [-0.2, 0) is 6.18 Å². The van der Waals surface area contributed by atoms with E-state index in [0.29, 0.717) is 13.1 Å². The summed E-state index contributed by atoms with van der Waals surface area (Å²) in [6.45, 7) is 1.23. The van der Waals surface area contributed by atoms with E-state index in [1.165, 1.54) is 0 Å². The highest BCUT2D eigenvalue weighted by atomic mass is 32.1. The Bertz CT molecular complexity index is 312. The molecule has 0 unspecified atom stereocenters. The van der Waals surface area contributed by atoms with Gasteiger partial charge in [-0.2, -0.15) is 22.5 Å². The number of alkyl halides is 3. The molecule has 0 atom stereocenters. The number of hydrogen-bond donors (Lipinski definition) is 2. The van der Waals surface area contributed by atoms with E-state index in [1.54, 1.807) is 0 Å². The molecule has 0 aliphatic heterocycles. The van der Waals surface area contributed by atoms with Crippen molar-refractivity contribution in [2.75, 3.05) is 18.4 Å². The minimum atomic E-state index is -4.46. The third-order valence-electron chi connectivity index (χ3n) is 1.84. The zero-order chi connectivity index (χ0) is 12.0. The van der Waals surface area contributed by atoms with Crippen molar-refractivity contribution < 1.29 is 13.2 Å². The lowest BCUT2D eigenvalue weighted by Gasteiger charge is -2.01. The van der Waals surface area contributed by atoms with E-state index in [9.17, 15) is 13.2 Å². The molecule has 0 saturated heterocycles. The predicted molar refractivity (Wildman–Crippen MR) is 56.3 cm³/mol. The number of hydrogen-bond acceptors (Lipinski definition) is 5. The molecule has 16 heavy (non-hydrogen) atoms. The van der Waals surface area contributed by atoms with Crippen molar-refractivity contribution in [3.63, 3.8) is 0 Å². The van der Waals surface area contributed by atoms with Crippen molar-refractivity contribution in [2.45, 2.75) is 25.4 Å². The number of nitrogens with two attached hydrogens (primary N) is 1. The number of aromatic nitrogens is 2. The molecule has 1 rings (SSSR count). The van der Waals surface area contributed by atoms with Gasteiger partial charge in [-0.25, -0.2) is 0 Å². The molecule has 0 aromatic carbocycles. The van der Waals surface area contributed by atoms with Crippen LogP contribution >= 0.6 is 11.5 Å². The number of nitrogens with one attached hydrogen (secondary N) is 1. The largest absolute Gasteiger partial charge is 0.452 e. The molecule has 0 aliphatic carbocycles. The Morgan fingerprint density at radius 2 is 2.00 bits per heavy atom. The molecule has 0 spiro atoms. The quantitative estimate of drug-likeness (QED) is 0.763. The molecule has 8 heteroatoms. The molecule has 3 N–H and O–H groups in total. The SMILES string of the molecule is NCCCCCNc1nc(C(F)(F)F)ns1. The second-order valence-corrected chi connectivity index (χ2v) is 3.95. The normalized spacial score (nSPS) is 11.8. The number of rotatable bonds is 6. The molecule has 0 saturated carbocycles. The molecule has 0 amide bonds. The first kappa shape index (κ1) is 13.2. The van der Waals surface area contributed by atoms with Crippen LogP contribution in [0.15, 0.2) is 0 Å². The Morgan fingerprint density at radius 1 is 1.25 bits per heavy atom. The lowest BCUT2D eigenvalue weighted by molar-refractivity contribution is -0.144. The topological polar surface area (TPSA) is 63.8 Å². The molecule has 4 nitrogen and oxygen atoms in total. The van der Waals surface area contributed by atoms with Crippen LogP contribution in [0.4, 0.5) is 18.3 Å². The van der Waals surface area contributed by atoms with E-state index in [4.69, 9.17) is 5.73 Å². The molecular weight excluding hydrogens is 241 g/mol. The van der Waals surface area contributed by atoms with Gasteiger partial charge in [-0.1, -0.05) is 6.42 Å². The predicted octanol–water partition coefficient (Wildman–Crippen LogP) is 2.10. The number of anilines is 1. The van der Waals surface area contributed by atoms with E-state index in [1.807, 2.05) is 0 Å². The third kappa shape index (κ3) is 4.31. The minimum absolute atomic E-state index is 0.208. The van der Waals surface area contributed by atoms with Crippen molar-refractivity contribution >= 4 is 16.7 Å². The maximum atomic E-state index is 12.1. The number of nitrogens with zero attached hydrogens (tertiary/aromatic N) is 2. The van der Waals surface area contributed by atoms with E-state index in [0.717, 1.165) is 30.8 Å². The second kappa shape index (κ2) is 6.00. The van der Waals surface area contributed by atoms with Gasteiger partial charge in [0.1, 0.15) is 0 Å². The summed E-state index contributed by atoms with van der Waals surface area (Å²) < 4.78 is 39.6. The average molecular weight is 254 g/mol. The van der Waals surface area contributed by atoms with Gasteiger partial charge in [0.25, 0.3) is 0 Å². The van der Waals surface area contributed by atoms with Crippen LogP contribution in [0.5, 0.6) is 0 Å². The average Bonchev–Trinajstić information content (AvgIpc) is 2.65. The molecule has 92 valence electrons. The maximum Gasteiger partial charge on any atom is 0.452 e. The standard InChI is InChI=1S/C8H13F3N4S/c9-8(10,11)6-14-7(16-15-6)13-5-3-1-2-4-12/h1-5,12H2,(H,13,14,15). The maximum absolute atomic E-state index is 12.1. The Labute approximate surface area is 95.2 Å². The Balaban J connectivity index is 2.30. The van der Waals surface area contributed by atoms with Gasteiger partial charge in [0.2, 0.25) is 11.0 Å². The second-order valence-electron chi connectivity index (χ2n) is 3.20. The first-order valence-electron chi connectivity index (χ1n) is 4.89. The van der Waals surface area contributed by atoms with Crippen LogP contribution in [0.2, 0.25) is 0 Å². The minimum Gasteiger partial charge on any atom is -0.360 e. The fourth-order valence-electron chi connectivity index (χ4n) is 1.05. The lowest BCUT2D eigenvalue weighted by atomic mass is 10.2. The van der Waals surface area contributed by atoms with Gasteiger partial charge in [0, 0.05) is 18.1 Å². The number of unbranched alkanes of at least 4 members (excludes halogenated alkanes) is 2. The van der Waals surface area contributed by atoms with E-state index >= 15 is 0 Å². The summed E-state index contributed by atoms with van der Waals surface area (Å²) in [5.41, 5.74) is 5.31. The van der Waals surface area contributed by atoms with Crippen molar-refractivity contribution in [3.8, 4) is 0 Å². The van der Waals surface area contributed by atoms with E-state index in [-0.39, 0.29) is 5.13 Å². The molecular formula is C8H13F3N4S. The van der Waals surface area contributed by atoms with Gasteiger partial charge < -0.3 is 11.1 Å². The fourth-order valence-corrected chi connectivity index (χ4v) is 1.66. The first-order valence-corrected chi connectivity index (χ1v) is 5.66. The Hall–Kier alpha value is -0.890. The fraction of sp³-hybridized carbons (Fsp3) is 0.750. The molecule has 0 bridgehead atoms. The highest BCUT2D eigenvalue weighted by Crippen LogP contribution is 2.28. The summed E-state index contributed by atoms with van der Waals surface area (Å²) in [4.78, 5) is 3.35. The smallest absolute Gasteiger partial charge is 0.360 e.